The maximum atomic E-state index is 10.9. The molecule has 1 saturated heterocycles. The quantitative estimate of drug-likeness (QED) is 0.906. The van der Waals surface area contributed by atoms with E-state index in [1.807, 2.05) is 6.92 Å². The van der Waals surface area contributed by atoms with Crippen LogP contribution < -0.4 is 4.90 Å². The van der Waals surface area contributed by atoms with Gasteiger partial charge in [0, 0.05) is 19.3 Å². The molecule has 2 heterocycles. The van der Waals surface area contributed by atoms with Gasteiger partial charge < -0.3 is 10.0 Å². The second kappa shape index (κ2) is 6.04. The first-order chi connectivity index (χ1) is 9.11. The molecule has 1 aliphatic heterocycles. The van der Waals surface area contributed by atoms with Gasteiger partial charge in [0.25, 0.3) is 0 Å². The third-order valence-electron chi connectivity index (χ3n) is 3.91. The number of anilines is 1. The van der Waals surface area contributed by atoms with Gasteiger partial charge >= 0.3 is 5.97 Å². The maximum Gasteiger partial charge on any atom is 0.337 e. The Kier molecular flexibility index (Phi) is 4.40. The van der Waals surface area contributed by atoms with E-state index in [0.29, 0.717) is 0 Å². The fourth-order valence-corrected chi connectivity index (χ4v) is 2.86. The maximum absolute atomic E-state index is 10.9. The van der Waals surface area contributed by atoms with Crippen molar-refractivity contribution < 1.29 is 9.90 Å². The van der Waals surface area contributed by atoms with E-state index in [-0.39, 0.29) is 5.56 Å². The van der Waals surface area contributed by atoms with Gasteiger partial charge in [-0.2, -0.15) is 0 Å². The van der Waals surface area contributed by atoms with Gasteiger partial charge in [0.15, 0.2) is 0 Å². The Morgan fingerprint density at radius 2 is 2.16 bits per heavy atom. The first-order valence-corrected chi connectivity index (χ1v) is 7.06. The number of aromatic nitrogens is 1. The largest absolute Gasteiger partial charge is 0.478 e. The lowest BCUT2D eigenvalue weighted by atomic mass is 9.92. The van der Waals surface area contributed by atoms with Crippen LogP contribution >= 0.6 is 0 Å². The number of aromatic carboxylic acids is 1. The molecule has 0 aromatic carbocycles. The van der Waals surface area contributed by atoms with Gasteiger partial charge in [0.1, 0.15) is 5.82 Å². The zero-order valence-electron chi connectivity index (χ0n) is 11.7. The van der Waals surface area contributed by atoms with Gasteiger partial charge in [-0.25, -0.2) is 9.78 Å². The minimum absolute atomic E-state index is 0.266. The van der Waals surface area contributed by atoms with Crippen LogP contribution in [0.15, 0.2) is 12.3 Å². The number of hydrogen-bond donors (Lipinski definition) is 1. The van der Waals surface area contributed by atoms with Crippen molar-refractivity contribution in [1.82, 2.24) is 4.98 Å². The lowest BCUT2D eigenvalue weighted by Gasteiger charge is -2.33. The number of carboxylic acids is 1. The van der Waals surface area contributed by atoms with Crippen LogP contribution in [0, 0.1) is 12.8 Å². The molecule has 0 spiro atoms. The van der Waals surface area contributed by atoms with Gasteiger partial charge in [-0.05, 0) is 37.3 Å². The van der Waals surface area contributed by atoms with E-state index in [1.54, 1.807) is 6.07 Å². The molecule has 0 unspecified atom stereocenters. The molecule has 1 fully saturated rings. The normalized spacial score (nSPS) is 16.6. The summed E-state index contributed by atoms with van der Waals surface area (Å²) in [5, 5.41) is 8.95. The topological polar surface area (TPSA) is 53.4 Å². The Balaban J connectivity index is 2.05. The molecule has 0 radical (unpaired) electrons. The Bertz CT molecular complexity index is 451. The van der Waals surface area contributed by atoms with Gasteiger partial charge in [-0.3, -0.25) is 0 Å². The third-order valence-corrected chi connectivity index (χ3v) is 3.91. The van der Waals surface area contributed by atoms with E-state index in [9.17, 15) is 4.79 Å². The van der Waals surface area contributed by atoms with Crippen LogP contribution in [0.5, 0.6) is 0 Å². The molecule has 0 saturated carbocycles. The number of rotatable bonds is 4. The minimum Gasteiger partial charge on any atom is -0.478 e. The summed E-state index contributed by atoms with van der Waals surface area (Å²) in [6, 6.07) is 1.71. The highest BCUT2D eigenvalue weighted by molar-refractivity contribution is 5.87. The van der Waals surface area contributed by atoms with E-state index in [0.717, 1.165) is 30.4 Å². The average molecular weight is 262 g/mol. The summed E-state index contributed by atoms with van der Waals surface area (Å²) < 4.78 is 0. The molecule has 0 aliphatic carbocycles. The van der Waals surface area contributed by atoms with Crippen LogP contribution in [0.4, 0.5) is 5.82 Å². The van der Waals surface area contributed by atoms with E-state index < -0.39 is 5.97 Å². The van der Waals surface area contributed by atoms with Crippen molar-refractivity contribution in [3.05, 3.63) is 23.4 Å². The second-order valence-corrected chi connectivity index (χ2v) is 5.39. The van der Waals surface area contributed by atoms with Crippen molar-refractivity contribution in [3.8, 4) is 0 Å². The van der Waals surface area contributed by atoms with E-state index in [4.69, 9.17) is 5.11 Å². The molecule has 0 bridgehead atoms. The first-order valence-electron chi connectivity index (χ1n) is 7.06. The Morgan fingerprint density at radius 3 is 2.68 bits per heavy atom. The minimum atomic E-state index is -0.913. The molecule has 19 heavy (non-hydrogen) atoms. The number of carbonyl (C=O) groups is 1. The summed E-state index contributed by atoms with van der Waals surface area (Å²) in [4.78, 5) is 17.5. The van der Waals surface area contributed by atoms with Crippen LogP contribution in [-0.2, 0) is 0 Å². The highest BCUT2D eigenvalue weighted by Crippen LogP contribution is 2.26. The number of pyridine rings is 1. The van der Waals surface area contributed by atoms with E-state index in [1.165, 1.54) is 31.9 Å². The molecular weight excluding hydrogens is 240 g/mol. The van der Waals surface area contributed by atoms with Crippen molar-refractivity contribution >= 4 is 11.8 Å². The second-order valence-electron chi connectivity index (χ2n) is 5.39. The Morgan fingerprint density at radius 1 is 1.47 bits per heavy atom. The standard InChI is InChI=1S/C15H22N2O2/c1-3-4-12-5-7-17(8-6-12)14-11(2)9-13(10-16-14)15(18)19/h9-10,12H,3-8H2,1-2H3,(H,18,19). The molecule has 0 atom stereocenters. The fourth-order valence-electron chi connectivity index (χ4n) is 2.86. The Hall–Kier alpha value is -1.58. The van der Waals surface area contributed by atoms with Crippen LogP contribution in [0.3, 0.4) is 0 Å². The highest BCUT2D eigenvalue weighted by Gasteiger charge is 2.21. The van der Waals surface area contributed by atoms with E-state index >= 15 is 0 Å². The number of carboxylic acid groups (broad SMARTS) is 1. The smallest absolute Gasteiger partial charge is 0.337 e. The van der Waals surface area contributed by atoms with Gasteiger partial charge in [0.05, 0.1) is 5.56 Å². The molecule has 0 amide bonds. The fraction of sp³-hybridized carbons (Fsp3) is 0.600. The first kappa shape index (κ1) is 13.8. The summed E-state index contributed by atoms with van der Waals surface area (Å²) in [7, 11) is 0. The van der Waals surface area contributed by atoms with Crippen molar-refractivity contribution in [2.45, 2.75) is 39.5 Å². The summed E-state index contributed by atoms with van der Waals surface area (Å²) in [6.07, 6.45) is 6.47. The number of nitrogens with zero attached hydrogens (tertiary/aromatic N) is 2. The predicted octanol–water partition coefficient (Wildman–Crippen LogP) is 3.10. The number of piperidine rings is 1. The predicted molar refractivity (Wildman–Crippen MR) is 75.8 cm³/mol. The third kappa shape index (κ3) is 3.25. The van der Waals surface area contributed by atoms with Crippen molar-refractivity contribution in [3.63, 3.8) is 0 Å². The molecule has 4 nitrogen and oxygen atoms in total. The molecule has 1 aliphatic rings. The average Bonchev–Trinajstić information content (AvgIpc) is 2.40. The summed E-state index contributed by atoms with van der Waals surface area (Å²) >= 11 is 0. The molecule has 1 aromatic rings. The van der Waals surface area contributed by atoms with E-state index in [2.05, 4.69) is 16.8 Å². The molecule has 1 aromatic heterocycles. The van der Waals surface area contributed by atoms with Gasteiger partial charge in [0.2, 0.25) is 0 Å². The zero-order chi connectivity index (χ0) is 13.8. The highest BCUT2D eigenvalue weighted by atomic mass is 16.4. The molecule has 1 N–H and O–H groups in total. The number of hydrogen-bond acceptors (Lipinski definition) is 3. The lowest BCUT2D eigenvalue weighted by Crippen LogP contribution is -2.34. The van der Waals surface area contributed by atoms with Crippen molar-refractivity contribution in [1.29, 1.82) is 0 Å². The van der Waals surface area contributed by atoms with Crippen LogP contribution in [0.25, 0.3) is 0 Å². The SMILES string of the molecule is CCCC1CCN(c2ncc(C(=O)O)cc2C)CC1. The summed E-state index contributed by atoms with van der Waals surface area (Å²) in [6.45, 7) is 6.24. The monoisotopic (exact) mass is 262 g/mol. The Labute approximate surface area is 114 Å². The van der Waals surface area contributed by atoms with Gasteiger partial charge in [-0.15, -0.1) is 0 Å². The van der Waals surface area contributed by atoms with Crippen molar-refractivity contribution in [2.24, 2.45) is 5.92 Å². The lowest BCUT2D eigenvalue weighted by molar-refractivity contribution is 0.0696. The number of aryl methyl sites for hydroxylation is 1. The summed E-state index contributed by atoms with van der Waals surface area (Å²) in [5.41, 5.74) is 1.22. The zero-order valence-corrected chi connectivity index (χ0v) is 11.7. The molecule has 104 valence electrons. The van der Waals surface area contributed by atoms with Crippen molar-refractivity contribution in [2.75, 3.05) is 18.0 Å². The molecule has 2 rings (SSSR count). The van der Waals surface area contributed by atoms with Crippen LogP contribution in [-0.4, -0.2) is 29.1 Å². The summed E-state index contributed by atoms with van der Waals surface area (Å²) in [5.74, 6) is 0.878. The van der Waals surface area contributed by atoms with Crippen LogP contribution in [0.2, 0.25) is 0 Å². The van der Waals surface area contributed by atoms with Gasteiger partial charge in [-0.1, -0.05) is 19.8 Å². The van der Waals surface area contributed by atoms with Crippen LogP contribution in [0.1, 0.15) is 48.5 Å². The molecule has 4 heteroatoms. The molecular formula is C15H22N2O2.